The fraction of sp³-hybridized carbons (Fsp3) is 0.381. The van der Waals surface area contributed by atoms with Crippen molar-refractivity contribution in [3.63, 3.8) is 0 Å². The molecule has 0 atom stereocenters. The Kier molecular flexibility index (Phi) is 6.68. The zero-order chi connectivity index (χ0) is 22.9. The summed E-state index contributed by atoms with van der Waals surface area (Å²) in [5.41, 5.74) is -0.388. The molecule has 0 radical (unpaired) electrons. The zero-order valence-corrected chi connectivity index (χ0v) is 18.3. The van der Waals surface area contributed by atoms with Crippen molar-refractivity contribution in [1.82, 2.24) is 4.31 Å². The van der Waals surface area contributed by atoms with Crippen molar-refractivity contribution in [2.45, 2.75) is 44.2 Å². The standard InChI is InChI=1S/C21H25F3N2O3S/c1-14-10-11-15(20(2,3)4)12-18(14)30(28,29)26(5)13-19(27)25-17-9-7-6-8-16(17)21(22,23)24/h6-12H,13H2,1-5H3,(H,25,27). The number of hydrogen-bond donors (Lipinski definition) is 1. The zero-order valence-electron chi connectivity index (χ0n) is 17.5. The highest BCUT2D eigenvalue weighted by Gasteiger charge is 2.34. The van der Waals surface area contributed by atoms with Gasteiger partial charge in [0.05, 0.1) is 22.7 Å². The van der Waals surface area contributed by atoms with E-state index >= 15 is 0 Å². The van der Waals surface area contributed by atoms with Crippen LogP contribution in [0.3, 0.4) is 0 Å². The Balaban J connectivity index is 2.26. The van der Waals surface area contributed by atoms with Gasteiger partial charge in [-0.15, -0.1) is 0 Å². The van der Waals surface area contributed by atoms with E-state index in [1.807, 2.05) is 26.8 Å². The number of rotatable bonds is 5. The SMILES string of the molecule is Cc1ccc(C(C)(C)C)cc1S(=O)(=O)N(C)CC(=O)Nc1ccccc1C(F)(F)F. The first-order valence-corrected chi connectivity index (χ1v) is 10.6. The summed E-state index contributed by atoms with van der Waals surface area (Å²) in [6.07, 6.45) is -4.65. The van der Waals surface area contributed by atoms with Crippen molar-refractivity contribution in [3.8, 4) is 0 Å². The highest BCUT2D eigenvalue weighted by atomic mass is 32.2. The van der Waals surface area contributed by atoms with Gasteiger partial charge < -0.3 is 5.32 Å². The molecule has 0 aliphatic heterocycles. The van der Waals surface area contributed by atoms with Crippen LogP contribution in [0.5, 0.6) is 0 Å². The van der Waals surface area contributed by atoms with Gasteiger partial charge in [-0.3, -0.25) is 4.79 Å². The lowest BCUT2D eigenvalue weighted by Crippen LogP contribution is -2.35. The molecule has 0 aromatic heterocycles. The highest BCUT2D eigenvalue weighted by molar-refractivity contribution is 7.89. The van der Waals surface area contributed by atoms with Gasteiger partial charge in [-0.1, -0.05) is 45.0 Å². The van der Waals surface area contributed by atoms with Gasteiger partial charge in [0.15, 0.2) is 0 Å². The molecule has 5 nitrogen and oxygen atoms in total. The molecule has 9 heteroatoms. The van der Waals surface area contributed by atoms with Crippen LogP contribution in [0, 0.1) is 6.92 Å². The first-order chi connectivity index (χ1) is 13.6. The van der Waals surface area contributed by atoms with E-state index in [2.05, 4.69) is 5.32 Å². The minimum absolute atomic E-state index is 0.0564. The maximum Gasteiger partial charge on any atom is 0.418 e. The monoisotopic (exact) mass is 442 g/mol. The summed E-state index contributed by atoms with van der Waals surface area (Å²) in [7, 11) is -2.81. The van der Waals surface area contributed by atoms with Crippen LogP contribution in [0.25, 0.3) is 0 Å². The largest absolute Gasteiger partial charge is 0.418 e. The van der Waals surface area contributed by atoms with E-state index in [-0.39, 0.29) is 10.3 Å². The van der Waals surface area contributed by atoms with Crippen LogP contribution in [0.4, 0.5) is 18.9 Å². The van der Waals surface area contributed by atoms with E-state index in [0.717, 1.165) is 22.0 Å². The van der Waals surface area contributed by atoms with Gasteiger partial charge in [-0.2, -0.15) is 17.5 Å². The van der Waals surface area contributed by atoms with Gasteiger partial charge in [-0.25, -0.2) is 8.42 Å². The quantitative estimate of drug-likeness (QED) is 0.738. The normalized spacial score (nSPS) is 12.8. The van der Waals surface area contributed by atoms with Gasteiger partial charge in [0, 0.05) is 7.05 Å². The molecule has 0 unspecified atom stereocenters. The molecule has 2 aromatic carbocycles. The van der Waals surface area contributed by atoms with E-state index in [4.69, 9.17) is 0 Å². The predicted octanol–water partition coefficient (Wildman–Crippen LogP) is 4.57. The number of amides is 1. The smallest absolute Gasteiger partial charge is 0.324 e. The summed E-state index contributed by atoms with van der Waals surface area (Å²) in [4.78, 5) is 12.4. The number of anilines is 1. The second-order valence-electron chi connectivity index (χ2n) is 8.08. The fourth-order valence-corrected chi connectivity index (χ4v) is 4.20. The van der Waals surface area contributed by atoms with Crippen LogP contribution in [-0.4, -0.2) is 32.2 Å². The topological polar surface area (TPSA) is 66.5 Å². The molecule has 2 aromatic rings. The Labute approximate surface area is 175 Å². The Hall–Kier alpha value is -2.39. The number of aryl methyl sites for hydroxylation is 1. The van der Waals surface area contributed by atoms with Gasteiger partial charge in [0.1, 0.15) is 0 Å². The van der Waals surface area contributed by atoms with Gasteiger partial charge in [0.2, 0.25) is 15.9 Å². The summed E-state index contributed by atoms with van der Waals surface area (Å²) in [6, 6.07) is 9.63. The van der Waals surface area contributed by atoms with E-state index in [1.54, 1.807) is 19.1 Å². The lowest BCUT2D eigenvalue weighted by molar-refractivity contribution is -0.137. The van der Waals surface area contributed by atoms with Crippen molar-refractivity contribution in [3.05, 3.63) is 59.2 Å². The minimum Gasteiger partial charge on any atom is -0.324 e. The summed E-state index contributed by atoms with van der Waals surface area (Å²) in [6.45, 7) is 6.86. The van der Waals surface area contributed by atoms with Crippen LogP contribution >= 0.6 is 0 Å². The average molecular weight is 443 g/mol. The third-order valence-corrected chi connectivity index (χ3v) is 6.56. The number of likely N-dealkylation sites (N-methyl/N-ethyl adjacent to an activating group) is 1. The molecule has 164 valence electrons. The molecule has 0 heterocycles. The van der Waals surface area contributed by atoms with Crippen molar-refractivity contribution in [1.29, 1.82) is 0 Å². The molecular formula is C21H25F3N2O3S. The lowest BCUT2D eigenvalue weighted by atomic mass is 9.87. The molecule has 0 fully saturated rings. The molecule has 1 N–H and O–H groups in total. The number of para-hydroxylation sites is 1. The molecule has 0 aliphatic carbocycles. The van der Waals surface area contributed by atoms with E-state index in [0.29, 0.717) is 5.56 Å². The van der Waals surface area contributed by atoms with Crippen LogP contribution in [0.15, 0.2) is 47.4 Å². The molecule has 0 saturated carbocycles. The van der Waals surface area contributed by atoms with E-state index in [1.165, 1.54) is 19.2 Å². The number of carbonyl (C=O) groups excluding carboxylic acids is 1. The van der Waals surface area contributed by atoms with Gasteiger partial charge >= 0.3 is 6.18 Å². The molecule has 0 bridgehead atoms. The number of nitrogens with one attached hydrogen (secondary N) is 1. The number of hydrogen-bond acceptors (Lipinski definition) is 3. The third kappa shape index (κ3) is 5.40. The molecule has 0 saturated heterocycles. The van der Waals surface area contributed by atoms with Crippen molar-refractivity contribution in [2.75, 3.05) is 18.9 Å². The Morgan fingerprint density at radius 3 is 2.23 bits per heavy atom. The van der Waals surface area contributed by atoms with Crippen LogP contribution in [-0.2, 0) is 26.4 Å². The molecular weight excluding hydrogens is 417 g/mol. The van der Waals surface area contributed by atoms with E-state index < -0.39 is 39.9 Å². The minimum atomic E-state index is -4.65. The average Bonchev–Trinajstić information content (AvgIpc) is 2.60. The maximum absolute atomic E-state index is 13.1. The maximum atomic E-state index is 13.1. The number of halogens is 3. The van der Waals surface area contributed by atoms with Crippen LogP contribution < -0.4 is 5.32 Å². The molecule has 2 rings (SSSR count). The molecule has 30 heavy (non-hydrogen) atoms. The van der Waals surface area contributed by atoms with Crippen molar-refractivity contribution in [2.24, 2.45) is 0 Å². The van der Waals surface area contributed by atoms with Crippen LogP contribution in [0.1, 0.15) is 37.5 Å². The van der Waals surface area contributed by atoms with Crippen LogP contribution in [0.2, 0.25) is 0 Å². The summed E-state index contributed by atoms with van der Waals surface area (Å²) in [5, 5.41) is 2.16. The Morgan fingerprint density at radius 1 is 1.07 bits per heavy atom. The van der Waals surface area contributed by atoms with Gasteiger partial charge in [-0.05, 0) is 41.7 Å². The number of nitrogens with zero attached hydrogens (tertiary/aromatic N) is 1. The second-order valence-corrected chi connectivity index (χ2v) is 10.1. The fourth-order valence-electron chi connectivity index (χ4n) is 2.83. The number of sulfonamides is 1. The van der Waals surface area contributed by atoms with Crippen molar-refractivity contribution >= 4 is 21.6 Å². The summed E-state index contributed by atoms with van der Waals surface area (Å²) in [5.74, 6) is -0.873. The van der Waals surface area contributed by atoms with Gasteiger partial charge in [0.25, 0.3) is 0 Å². The summed E-state index contributed by atoms with van der Waals surface area (Å²) < 4.78 is 66.1. The highest BCUT2D eigenvalue weighted by Crippen LogP contribution is 2.34. The summed E-state index contributed by atoms with van der Waals surface area (Å²) >= 11 is 0. The van der Waals surface area contributed by atoms with Crippen molar-refractivity contribution < 1.29 is 26.4 Å². The molecule has 0 aliphatic rings. The Bertz CT molecular complexity index is 1040. The van der Waals surface area contributed by atoms with E-state index in [9.17, 15) is 26.4 Å². The second kappa shape index (κ2) is 8.39. The number of benzene rings is 2. The molecule has 0 spiro atoms. The lowest BCUT2D eigenvalue weighted by Gasteiger charge is -2.23. The predicted molar refractivity (Wildman–Crippen MR) is 110 cm³/mol. The number of carbonyl (C=O) groups is 1. The first-order valence-electron chi connectivity index (χ1n) is 9.17. The first kappa shape index (κ1) is 23.9. The molecule has 1 amide bonds. The number of alkyl halides is 3. The Morgan fingerprint density at radius 2 is 1.67 bits per heavy atom. The third-order valence-electron chi connectivity index (χ3n) is 4.62.